The number of carbonyl (C=O) groups is 1. The monoisotopic (exact) mass is 371 g/mol. The predicted octanol–water partition coefficient (Wildman–Crippen LogP) is 4.52. The molecule has 0 spiro atoms. The van der Waals surface area contributed by atoms with Gasteiger partial charge in [-0.1, -0.05) is 73.3 Å². The summed E-state index contributed by atoms with van der Waals surface area (Å²) in [5, 5.41) is 2.92. The lowest BCUT2D eigenvalue weighted by Crippen LogP contribution is -2.24. The zero-order valence-corrected chi connectivity index (χ0v) is 16.2. The van der Waals surface area contributed by atoms with Crippen LogP contribution in [-0.2, 0) is 24.3 Å². The molecule has 142 valence electrons. The van der Waals surface area contributed by atoms with E-state index in [1.54, 1.807) is 6.92 Å². The second-order valence-electron chi connectivity index (χ2n) is 6.72. The van der Waals surface area contributed by atoms with Crippen molar-refractivity contribution in [2.24, 2.45) is 0 Å². The molecule has 1 heterocycles. The summed E-state index contributed by atoms with van der Waals surface area (Å²) in [5.74, 6) is 0.719. The van der Waals surface area contributed by atoms with Crippen molar-refractivity contribution in [3.05, 3.63) is 102 Å². The fourth-order valence-corrected chi connectivity index (χ4v) is 3.11. The lowest BCUT2D eigenvalue weighted by Gasteiger charge is -2.12. The van der Waals surface area contributed by atoms with Gasteiger partial charge in [0, 0.05) is 29.8 Å². The van der Waals surface area contributed by atoms with Crippen LogP contribution >= 0.6 is 0 Å². The first-order valence-electron chi connectivity index (χ1n) is 9.32. The van der Waals surface area contributed by atoms with Crippen molar-refractivity contribution in [3.8, 4) is 11.4 Å². The number of aromatic nitrogens is 2. The lowest BCUT2D eigenvalue weighted by molar-refractivity contribution is -0.117. The lowest BCUT2D eigenvalue weighted by atomic mass is 10.1. The van der Waals surface area contributed by atoms with Crippen LogP contribution in [0.1, 0.15) is 23.9 Å². The van der Waals surface area contributed by atoms with E-state index in [1.807, 2.05) is 54.6 Å². The Morgan fingerprint density at radius 1 is 1.11 bits per heavy atom. The minimum absolute atomic E-state index is 0.162. The molecule has 0 bridgehead atoms. The molecule has 0 aliphatic heterocycles. The van der Waals surface area contributed by atoms with Gasteiger partial charge in [-0.3, -0.25) is 4.79 Å². The molecule has 0 saturated carbocycles. The van der Waals surface area contributed by atoms with Gasteiger partial charge >= 0.3 is 0 Å². The van der Waals surface area contributed by atoms with E-state index in [-0.39, 0.29) is 5.91 Å². The molecule has 0 aliphatic rings. The summed E-state index contributed by atoms with van der Waals surface area (Å²) in [6.45, 7) is 10.3. The van der Waals surface area contributed by atoms with Crippen LogP contribution in [0, 0.1) is 0 Å². The number of benzene rings is 2. The van der Waals surface area contributed by atoms with Gasteiger partial charge < -0.3 is 9.88 Å². The first-order chi connectivity index (χ1) is 13.6. The van der Waals surface area contributed by atoms with Crippen molar-refractivity contribution in [2.75, 3.05) is 0 Å². The summed E-state index contributed by atoms with van der Waals surface area (Å²) in [5.41, 5.74) is 4.65. The van der Waals surface area contributed by atoms with E-state index < -0.39 is 0 Å². The normalized spacial score (nSPS) is 10.5. The Morgan fingerprint density at radius 2 is 1.75 bits per heavy atom. The Morgan fingerprint density at radius 3 is 2.36 bits per heavy atom. The maximum atomic E-state index is 12.0. The topological polar surface area (TPSA) is 46.9 Å². The number of imidazole rings is 1. The van der Waals surface area contributed by atoms with E-state index >= 15 is 0 Å². The average molecular weight is 371 g/mol. The number of amides is 1. The summed E-state index contributed by atoms with van der Waals surface area (Å²) in [6, 6.07) is 20.4. The summed E-state index contributed by atoms with van der Waals surface area (Å²) >= 11 is 0. The summed E-state index contributed by atoms with van der Waals surface area (Å²) < 4.78 is 2.18. The summed E-state index contributed by atoms with van der Waals surface area (Å²) in [4.78, 5) is 16.9. The molecule has 4 heteroatoms. The van der Waals surface area contributed by atoms with Gasteiger partial charge in [0.25, 0.3) is 0 Å². The van der Waals surface area contributed by atoms with Gasteiger partial charge in [-0.25, -0.2) is 4.98 Å². The number of nitrogens with one attached hydrogen (secondary N) is 1. The first-order valence-corrected chi connectivity index (χ1v) is 9.32. The second kappa shape index (κ2) is 9.00. The largest absolute Gasteiger partial charge is 0.347 e. The third kappa shape index (κ3) is 4.46. The smallest absolute Gasteiger partial charge is 0.246 e. The van der Waals surface area contributed by atoms with E-state index in [0.29, 0.717) is 18.7 Å². The van der Waals surface area contributed by atoms with Gasteiger partial charge in [-0.15, -0.1) is 6.58 Å². The molecule has 0 aliphatic carbocycles. The molecule has 0 saturated heterocycles. The van der Waals surface area contributed by atoms with Gasteiger partial charge in [0.05, 0.1) is 12.2 Å². The molecule has 28 heavy (non-hydrogen) atoms. The summed E-state index contributed by atoms with van der Waals surface area (Å²) in [6.07, 6.45) is 2.60. The Kier molecular flexibility index (Phi) is 6.22. The maximum absolute atomic E-state index is 12.0. The van der Waals surface area contributed by atoms with Crippen LogP contribution in [-0.4, -0.2) is 15.5 Å². The molecule has 1 amide bonds. The quantitative estimate of drug-likeness (QED) is 0.467. The van der Waals surface area contributed by atoms with Crippen molar-refractivity contribution in [1.29, 1.82) is 0 Å². The third-order valence-corrected chi connectivity index (χ3v) is 4.52. The van der Waals surface area contributed by atoms with Crippen molar-refractivity contribution in [2.45, 2.75) is 26.4 Å². The van der Waals surface area contributed by atoms with Crippen LogP contribution < -0.4 is 5.32 Å². The number of carbonyl (C=O) groups excluding carboxylic acids is 1. The van der Waals surface area contributed by atoms with Crippen LogP contribution in [0.3, 0.4) is 0 Å². The Labute approximate surface area is 166 Å². The van der Waals surface area contributed by atoms with Gasteiger partial charge in [0.15, 0.2) is 0 Å². The standard InChI is InChI=1S/C24H25N3O/c1-4-15-27-22(16-19-11-7-5-8-12-19)21(17-25-24(28)18(2)3)26-23(27)20-13-9-6-10-14-20/h4-14H,1-2,15-17H2,3H3,(H,25,28). The molecule has 3 aromatic rings. The van der Waals surface area contributed by atoms with E-state index in [1.165, 1.54) is 5.56 Å². The van der Waals surface area contributed by atoms with E-state index in [9.17, 15) is 4.79 Å². The Hall–Kier alpha value is -3.40. The Bertz CT molecular complexity index is 972. The van der Waals surface area contributed by atoms with Gasteiger partial charge in [-0.05, 0) is 12.5 Å². The van der Waals surface area contributed by atoms with E-state index in [2.05, 4.69) is 35.2 Å². The molecule has 0 radical (unpaired) electrons. The maximum Gasteiger partial charge on any atom is 0.246 e. The molecular weight excluding hydrogens is 346 g/mol. The van der Waals surface area contributed by atoms with Crippen LogP contribution in [0.25, 0.3) is 11.4 Å². The number of allylic oxidation sites excluding steroid dienone is 1. The molecule has 0 fully saturated rings. The van der Waals surface area contributed by atoms with Crippen LogP contribution in [0.15, 0.2) is 85.5 Å². The highest BCUT2D eigenvalue weighted by Gasteiger charge is 2.18. The predicted molar refractivity (Wildman–Crippen MR) is 114 cm³/mol. The van der Waals surface area contributed by atoms with Gasteiger partial charge in [0.2, 0.25) is 5.91 Å². The third-order valence-electron chi connectivity index (χ3n) is 4.52. The van der Waals surface area contributed by atoms with Crippen molar-refractivity contribution >= 4 is 5.91 Å². The number of hydrogen-bond acceptors (Lipinski definition) is 2. The highest BCUT2D eigenvalue weighted by atomic mass is 16.1. The minimum Gasteiger partial charge on any atom is -0.347 e. The number of rotatable bonds is 8. The average Bonchev–Trinajstić information content (AvgIpc) is 3.05. The molecule has 2 aromatic carbocycles. The second-order valence-corrected chi connectivity index (χ2v) is 6.72. The summed E-state index contributed by atoms with van der Waals surface area (Å²) in [7, 11) is 0. The van der Waals surface area contributed by atoms with Gasteiger partial charge in [-0.2, -0.15) is 0 Å². The zero-order valence-electron chi connectivity index (χ0n) is 16.2. The fraction of sp³-hybridized carbons (Fsp3) is 0.167. The van der Waals surface area contributed by atoms with Crippen molar-refractivity contribution in [1.82, 2.24) is 14.9 Å². The van der Waals surface area contributed by atoms with Crippen molar-refractivity contribution in [3.63, 3.8) is 0 Å². The number of hydrogen-bond donors (Lipinski definition) is 1. The highest BCUT2D eigenvalue weighted by Crippen LogP contribution is 2.25. The van der Waals surface area contributed by atoms with Crippen LogP contribution in [0.5, 0.6) is 0 Å². The van der Waals surface area contributed by atoms with Crippen LogP contribution in [0.4, 0.5) is 0 Å². The first kappa shape index (κ1) is 19.4. The van der Waals surface area contributed by atoms with Crippen LogP contribution in [0.2, 0.25) is 0 Å². The van der Waals surface area contributed by atoms with Crippen molar-refractivity contribution < 1.29 is 4.79 Å². The van der Waals surface area contributed by atoms with Gasteiger partial charge in [0.1, 0.15) is 5.82 Å². The molecule has 4 nitrogen and oxygen atoms in total. The molecule has 1 aromatic heterocycles. The molecule has 0 atom stereocenters. The highest BCUT2D eigenvalue weighted by molar-refractivity contribution is 5.92. The molecule has 3 rings (SSSR count). The van der Waals surface area contributed by atoms with E-state index in [4.69, 9.17) is 4.98 Å². The molecule has 1 N–H and O–H groups in total. The SMILES string of the molecule is C=CCn1c(-c2ccccc2)nc(CNC(=O)C(=C)C)c1Cc1ccccc1. The molecular formula is C24H25N3O. The molecule has 0 unspecified atom stereocenters. The minimum atomic E-state index is -0.162. The number of nitrogens with zero attached hydrogens (tertiary/aromatic N) is 2. The van der Waals surface area contributed by atoms with E-state index in [0.717, 1.165) is 29.2 Å². The fourth-order valence-electron chi connectivity index (χ4n) is 3.11. The Balaban J connectivity index is 2.06. The zero-order chi connectivity index (χ0) is 19.9.